The van der Waals surface area contributed by atoms with E-state index in [1.54, 1.807) is 0 Å². The zero-order valence-electron chi connectivity index (χ0n) is 11.2. The summed E-state index contributed by atoms with van der Waals surface area (Å²) in [5.74, 6) is -1.31. The lowest BCUT2D eigenvalue weighted by Gasteiger charge is -2.15. The van der Waals surface area contributed by atoms with Gasteiger partial charge < -0.3 is 9.94 Å². The Morgan fingerprint density at radius 3 is 2.74 bits per heavy atom. The number of hydrogen-bond donors (Lipinski definition) is 1. The molecule has 0 aliphatic heterocycles. The molecule has 1 amide bonds. The van der Waals surface area contributed by atoms with Gasteiger partial charge in [0.15, 0.2) is 0 Å². The Morgan fingerprint density at radius 2 is 2.17 bits per heavy atom. The van der Waals surface area contributed by atoms with Gasteiger partial charge in [-0.2, -0.15) is 13.2 Å². The van der Waals surface area contributed by atoms with Crippen molar-refractivity contribution in [1.82, 2.24) is 9.94 Å². The second-order valence-electron chi connectivity index (χ2n) is 4.19. The Balaban J connectivity index is 2.43. The second kappa shape index (κ2) is 6.28. The van der Waals surface area contributed by atoms with Gasteiger partial charge in [-0.15, -0.1) is 4.85 Å². The molecule has 0 saturated heterocycles. The first-order chi connectivity index (χ1) is 10.8. The zero-order valence-corrected chi connectivity index (χ0v) is 11.2. The molecule has 0 spiro atoms. The summed E-state index contributed by atoms with van der Waals surface area (Å²) >= 11 is 0. The fraction of sp³-hybridized carbons (Fsp3) is 0.167. The topological polar surface area (TPSA) is 113 Å². The molecule has 23 heavy (non-hydrogen) atoms. The normalized spacial score (nSPS) is 10.9. The minimum absolute atomic E-state index is 0.147. The number of nitrogens with zero attached hydrogens (tertiary/aromatic N) is 5. The van der Waals surface area contributed by atoms with E-state index in [9.17, 15) is 18.0 Å². The van der Waals surface area contributed by atoms with E-state index in [1.165, 1.54) is 6.07 Å². The number of aromatic nitrogens is 2. The molecule has 1 aromatic carbocycles. The van der Waals surface area contributed by atoms with Crippen LogP contribution in [-0.4, -0.2) is 21.1 Å². The van der Waals surface area contributed by atoms with Gasteiger partial charge in [-0.05, 0) is 16.7 Å². The highest BCUT2D eigenvalue weighted by Gasteiger charge is 2.35. The van der Waals surface area contributed by atoms with E-state index >= 15 is 0 Å². The van der Waals surface area contributed by atoms with E-state index < -0.39 is 35.4 Å². The summed E-state index contributed by atoms with van der Waals surface area (Å²) in [5, 5.41) is 15.2. The number of ether oxygens (including phenoxy) is 1. The zero-order chi connectivity index (χ0) is 17.0. The largest absolute Gasteiger partial charge is 0.472 e. The van der Waals surface area contributed by atoms with E-state index in [0.29, 0.717) is 4.85 Å². The summed E-state index contributed by atoms with van der Waals surface area (Å²) in [5.41, 5.74) is 6.25. The van der Waals surface area contributed by atoms with Crippen LogP contribution in [0.5, 0.6) is 5.88 Å². The van der Waals surface area contributed by atoms with Crippen molar-refractivity contribution in [2.45, 2.75) is 12.8 Å². The average Bonchev–Trinajstić information content (AvgIpc) is 2.89. The van der Waals surface area contributed by atoms with Gasteiger partial charge in [-0.3, -0.25) is 4.79 Å². The van der Waals surface area contributed by atoms with Crippen LogP contribution in [0, 0.1) is 0 Å². The van der Waals surface area contributed by atoms with Crippen LogP contribution in [0.15, 0.2) is 35.6 Å². The van der Waals surface area contributed by atoms with Crippen LogP contribution >= 0.6 is 0 Å². The predicted octanol–water partition coefficient (Wildman–Crippen LogP) is 3.17. The highest BCUT2D eigenvalue weighted by molar-refractivity contribution is 5.96. The van der Waals surface area contributed by atoms with E-state index in [-0.39, 0.29) is 5.88 Å². The van der Waals surface area contributed by atoms with E-state index in [4.69, 9.17) is 15.5 Å². The molecule has 0 aliphatic carbocycles. The van der Waals surface area contributed by atoms with Crippen LogP contribution < -0.4 is 4.74 Å². The van der Waals surface area contributed by atoms with Gasteiger partial charge in [0.2, 0.25) is 11.8 Å². The Labute approximate surface area is 126 Å². The van der Waals surface area contributed by atoms with Gasteiger partial charge in [0.25, 0.3) is 0 Å². The smallest absolute Gasteiger partial charge is 0.416 e. The third-order valence-corrected chi connectivity index (χ3v) is 2.76. The van der Waals surface area contributed by atoms with Crippen LogP contribution in [0.25, 0.3) is 10.4 Å². The molecular weight excluding hydrogens is 319 g/mol. The van der Waals surface area contributed by atoms with Gasteiger partial charge >= 0.3 is 6.18 Å². The standard InChI is InChI=1S/C12H8F3N5O3/c13-12(14,15)9-3-1-2-7(11(21)17-19-16)8(9)6-23-10-4-5-20(22)18-10/h1-5,22H,6H2. The molecule has 120 valence electrons. The van der Waals surface area contributed by atoms with Crippen molar-refractivity contribution in [1.29, 1.82) is 0 Å². The van der Waals surface area contributed by atoms with Gasteiger partial charge in [0, 0.05) is 22.1 Å². The van der Waals surface area contributed by atoms with Gasteiger partial charge in [-0.25, -0.2) is 0 Å². The molecule has 0 bridgehead atoms. The average molecular weight is 327 g/mol. The van der Waals surface area contributed by atoms with Crippen molar-refractivity contribution < 1.29 is 27.9 Å². The number of halogens is 3. The van der Waals surface area contributed by atoms with Crippen LogP contribution in [0.4, 0.5) is 13.2 Å². The quantitative estimate of drug-likeness (QED) is 0.402. The summed E-state index contributed by atoms with van der Waals surface area (Å²) in [6.45, 7) is -0.658. The number of hydrogen-bond acceptors (Lipinski definition) is 4. The second-order valence-corrected chi connectivity index (χ2v) is 4.19. The van der Waals surface area contributed by atoms with Crippen LogP contribution in [0.3, 0.4) is 0 Å². The minimum Gasteiger partial charge on any atom is -0.472 e. The molecule has 11 heteroatoms. The van der Waals surface area contributed by atoms with Crippen LogP contribution in [0.1, 0.15) is 21.5 Å². The molecule has 1 heterocycles. The molecule has 0 atom stereocenters. The molecular formula is C12H8F3N5O3. The van der Waals surface area contributed by atoms with Crippen molar-refractivity contribution in [3.05, 3.63) is 57.6 Å². The SMILES string of the molecule is [N-]=[N+]=NC(=O)c1cccc(C(F)(F)F)c1COc1ccn(O)n1. The third-order valence-electron chi connectivity index (χ3n) is 2.76. The molecule has 2 rings (SSSR count). The van der Waals surface area contributed by atoms with Crippen molar-refractivity contribution in [3.8, 4) is 5.88 Å². The first-order valence-corrected chi connectivity index (χ1v) is 5.99. The van der Waals surface area contributed by atoms with Crippen LogP contribution in [-0.2, 0) is 12.8 Å². The minimum atomic E-state index is -4.73. The maximum Gasteiger partial charge on any atom is 0.416 e. The Morgan fingerprint density at radius 1 is 1.43 bits per heavy atom. The molecule has 1 N–H and O–H groups in total. The predicted molar refractivity (Wildman–Crippen MR) is 68.7 cm³/mol. The molecule has 0 radical (unpaired) electrons. The Kier molecular flexibility index (Phi) is 4.42. The van der Waals surface area contributed by atoms with Crippen molar-refractivity contribution in [2.24, 2.45) is 5.11 Å². The fourth-order valence-corrected chi connectivity index (χ4v) is 1.82. The van der Waals surface area contributed by atoms with Gasteiger partial charge in [0.1, 0.15) is 6.61 Å². The van der Waals surface area contributed by atoms with E-state index in [1.807, 2.05) is 0 Å². The first-order valence-electron chi connectivity index (χ1n) is 5.99. The molecule has 2 aromatic rings. The number of amides is 1. The summed E-state index contributed by atoms with van der Waals surface area (Å²) in [6, 6.07) is 4.10. The van der Waals surface area contributed by atoms with E-state index in [0.717, 1.165) is 24.4 Å². The molecule has 8 nitrogen and oxygen atoms in total. The summed E-state index contributed by atoms with van der Waals surface area (Å²) in [4.78, 5) is 14.3. The van der Waals surface area contributed by atoms with Crippen molar-refractivity contribution in [2.75, 3.05) is 0 Å². The Hall–Kier alpha value is -3.20. The lowest BCUT2D eigenvalue weighted by molar-refractivity contribution is -0.138. The maximum atomic E-state index is 13.1. The Bertz CT molecular complexity index is 780. The number of carbonyl (C=O) groups is 1. The summed E-state index contributed by atoms with van der Waals surface area (Å²) < 4.78 is 44.3. The van der Waals surface area contributed by atoms with E-state index in [2.05, 4.69) is 15.1 Å². The number of benzene rings is 1. The number of azide groups is 1. The summed E-state index contributed by atoms with van der Waals surface area (Å²) in [6.07, 6.45) is -3.63. The number of alkyl halides is 3. The van der Waals surface area contributed by atoms with Gasteiger partial charge in [-0.1, -0.05) is 17.2 Å². The molecule has 1 aromatic heterocycles. The molecule has 0 unspecified atom stereocenters. The number of rotatable bonds is 4. The lowest BCUT2D eigenvalue weighted by atomic mass is 10.0. The number of carbonyl (C=O) groups excluding carboxylic acids is 1. The molecule has 0 aliphatic rings. The monoisotopic (exact) mass is 327 g/mol. The van der Waals surface area contributed by atoms with Gasteiger partial charge in [0.05, 0.1) is 11.8 Å². The van der Waals surface area contributed by atoms with Crippen molar-refractivity contribution >= 4 is 5.91 Å². The highest BCUT2D eigenvalue weighted by Crippen LogP contribution is 2.34. The fourth-order valence-electron chi connectivity index (χ4n) is 1.82. The maximum absolute atomic E-state index is 13.1. The van der Waals surface area contributed by atoms with Crippen molar-refractivity contribution in [3.63, 3.8) is 0 Å². The van der Waals surface area contributed by atoms with Crippen LogP contribution in [0.2, 0.25) is 0 Å². The highest BCUT2D eigenvalue weighted by atomic mass is 19.4. The third kappa shape index (κ3) is 3.71. The first kappa shape index (κ1) is 16.2. The lowest BCUT2D eigenvalue weighted by Crippen LogP contribution is -2.15. The molecule has 0 saturated carbocycles. The summed E-state index contributed by atoms with van der Waals surface area (Å²) in [7, 11) is 0. The molecule has 0 fully saturated rings.